The number of hydrogen-bond acceptors (Lipinski definition) is 5. The SMILES string of the molecule is C[C@H]1CCN(c2nccc(-c3cc(F)ccc3F)c2NC(=O)C2CCN(C(=O)OC(C)(C)C)CC2)C1. The molecule has 1 N–H and O–H groups in total. The Morgan fingerprint density at radius 3 is 2.42 bits per heavy atom. The Hall–Kier alpha value is -3.23. The van der Waals surface area contributed by atoms with Crippen molar-refractivity contribution >= 4 is 23.5 Å². The standard InChI is InChI=1S/C27H34F2N4O3/c1-17-8-12-33(16-17)24-23(20(7-11-30-24)21-15-19(28)5-6-22(21)29)31-25(34)18-9-13-32(14-10-18)26(35)36-27(2,3)4/h5-7,11,15,17-18H,8-10,12-14,16H2,1-4H3,(H,31,34)/t17-/m0/s1. The van der Waals surface area contributed by atoms with E-state index in [1.165, 1.54) is 0 Å². The number of carbonyl (C=O) groups excluding carboxylic acids is 2. The molecule has 0 radical (unpaired) electrons. The van der Waals surface area contributed by atoms with Crippen LogP contribution in [0.25, 0.3) is 11.1 Å². The lowest BCUT2D eigenvalue weighted by molar-refractivity contribution is -0.121. The van der Waals surface area contributed by atoms with E-state index in [2.05, 4.69) is 22.1 Å². The van der Waals surface area contributed by atoms with Crippen molar-refractivity contribution in [1.29, 1.82) is 0 Å². The molecule has 1 atom stereocenters. The molecule has 0 spiro atoms. The maximum absolute atomic E-state index is 14.8. The third-order valence-corrected chi connectivity index (χ3v) is 6.64. The van der Waals surface area contributed by atoms with Gasteiger partial charge in [0.05, 0.1) is 5.69 Å². The zero-order chi connectivity index (χ0) is 26.0. The van der Waals surface area contributed by atoms with Crippen LogP contribution in [0.15, 0.2) is 30.5 Å². The quantitative estimate of drug-likeness (QED) is 0.604. The average Bonchev–Trinajstić information content (AvgIpc) is 3.26. The van der Waals surface area contributed by atoms with Crippen LogP contribution < -0.4 is 10.2 Å². The summed E-state index contributed by atoms with van der Waals surface area (Å²) in [6.45, 7) is 9.93. The van der Waals surface area contributed by atoms with Crippen molar-refractivity contribution in [1.82, 2.24) is 9.88 Å². The van der Waals surface area contributed by atoms with Crippen LogP contribution in [-0.2, 0) is 9.53 Å². The number of piperidine rings is 1. The summed E-state index contributed by atoms with van der Waals surface area (Å²) < 4.78 is 34.3. The molecule has 2 saturated heterocycles. The number of benzene rings is 1. The number of amides is 2. The summed E-state index contributed by atoms with van der Waals surface area (Å²) in [5.74, 6) is -0.684. The molecular weight excluding hydrogens is 466 g/mol. The summed E-state index contributed by atoms with van der Waals surface area (Å²) in [5.41, 5.74) is 0.255. The minimum absolute atomic E-state index is 0.0703. The Labute approximate surface area is 210 Å². The van der Waals surface area contributed by atoms with Crippen LogP contribution in [0.4, 0.5) is 25.1 Å². The summed E-state index contributed by atoms with van der Waals surface area (Å²) in [5, 5.41) is 3.00. The molecule has 1 aromatic carbocycles. The van der Waals surface area contributed by atoms with E-state index in [1.807, 2.05) is 20.8 Å². The molecule has 2 aliphatic heterocycles. The first-order valence-corrected chi connectivity index (χ1v) is 12.5. The highest BCUT2D eigenvalue weighted by Crippen LogP contribution is 2.38. The number of carbonyl (C=O) groups is 2. The molecule has 2 aliphatic rings. The summed E-state index contributed by atoms with van der Waals surface area (Å²) in [6, 6.07) is 4.89. The van der Waals surface area contributed by atoms with E-state index < -0.39 is 17.2 Å². The van der Waals surface area contributed by atoms with Crippen molar-refractivity contribution in [2.24, 2.45) is 11.8 Å². The van der Waals surface area contributed by atoms with E-state index in [0.29, 0.717) is 48.9 Å². The lowest BCUT2D eigenvalue weighted by atomic mass is 9.95. The molecule has 0 saturated carbocycles. The van der Waals surface area contributed by atoms with Gasteiger partial charge in [0, 0.05) is 49.4 Å². The minimum Gasteiger partial charge on any atom is -0.444 e. The number of anilines is 2. The Morgan fingerprint density at radius 2 is 1.78 bits per heavy atom. The Morgan fingerprint density at radius 1 is 1.06 bits per heavy atom. The lowest BCUT2D eigenvalue weighted by Crippen LogP contribution is -2.43. The number of nitrogens with one attached hydrogen (secondary N) is 1. The topological polar surface area (TPSA) is 74.8 Å². The maximum Gasteiger partial charge on any atom is 0.410 e. The molecule has 9 heteroatoms. The second-order valence-electron chi connectivity index (χ2n) is 10.8. The zero-order valence-corrected chi connectivity index (χ0v) is 21.3. The van der Waals surface area contributed by atoms with E-state index in [4.69, 9.17) is 4.74 Å². The van der Waals surface area contributed by atoms with E-state index in [1.54, 1.807) is 17.2 Å². The summed E-state index contributed by atoms with van der Waals surface area (Å²) in [6.07, 6.45) is 3.11. The predicted molar refractivity (Wildman–Crippen MR) is 135 cm³/mol. The van der Waals surface area contributed by atoms with Crippen LogP contribution in [-0.4, -0.2) is 53.7 Å². The molecule has 0 bridgehead atoms. The van der Waals surface area contributed by atoms with Gasteiger partial charge in [-0.3, -0.25) is 4.79 Å². The van der Waals surface area contributed by atoms with Gasteiger partial charge in [0.15, 0.2) is 5.82 Å². The van der Waals surface area contributed by atoms with Crippen LogP contribution in [0.3, 0.4) is 0 Å². The number of ether oxygens (including phenoxy) is 1. The normalized spacial score (nSPS) is 18.9. The van der Waals surface area contributed by atoms with Gasteiger partial charge in [-0.2, -0.15) is 0 Å². The van der Waals surface area contributed by atoms with Crippen molar-refractivity contribution in [2.45, 2.75) is 52.6 Å². The van der Waals surface area contributed by atoms with Gasteiger partial charge in [0.1, 0.15) is 17.2 Å². The predicted octanol–water partition coefficient (Wildman–Crippen LogP) is 5.46. The molecule has 2 fully saturated rings. The summed E-state index contributed by atoms with van der Waals surface area (Å²) in [4.78, 5) is 34.0. The number of pyridine rings is 1. The average molecular weight is 501 g/mol. The fourth-order valence-corrected chi connectivity index (χ4v) is 4.75. The van der Waals surface area contributed by atoms with Crippen LogP contribution >= 0.6 is 0 Å². The molecule has 1 aromatic heterocycles. The highest BCUT2D eigenvalue weighted by Gasteiger charge is 2.32. The van der Waals surface area contributed by atoms with Gasteiger partial charge < -0.3 is 19.9 Å². The van der Waals surface area contributed by atoms with Crippen LogP contribution in [0.5, 0.6) is 0 Å². The number of hydrogen-bond donors (Lipinski definition) is 1. The Bertz CT molecular complexity index is 1130. The molecule has 4 rings (SSSR count). The van der Waals surface area contributed by atoms with E-state index in [9.17, 15) is 18.4 Å². The van der Waals surface area contributed by atoms with Gasteiger partial charge in [-0.15, -0.1) is 0 Å². The molecule has 36 heavy (non-hydrogen) atoms. The number of nitrogens with zero attached hydrogens (tertiary/aromatic N) is 3. The van der Waals surface area contributed by atoms with Gasteiger partial charge in [-0.1, -0.05) is 6.92 Å². The Kier molecular flexibility index (Phi) is 7.47. The van der Waals surface area contributed by atoms with E-state index >= 15 is 0 Å². The number of likely N-dealkylation sites (tertiary alicyclic amines) is 1. The van der Waals surface area contributed by atoms with Crippen molar-refractivity contribution in [3.8, 4) is 11.1 Å². The lowest BCUT2D eigenvalue weighted by Gasteiger charge is -2.33. The smallest absolute Gasteiger partial charge is 0.410 e. The fourth-order valence-electron chi connectivity index (χ4n) is 4.75. The first kappa shape index (κ1) is 25.9. The van der Waals surface area contributed by atoms with Crippen LogP contribution in [0.1, 0.15) is 47.0 Å². The molecular formula is C27H34F2N4O3. The van der Waals surface area contributed by atoms with Crippen LogP contribution in [0, 0.1) is 23.5 Å². The van der Waals surface area contributed by atoms with Crippen molar-refractivity contribution < 1.29 is 23.1 Å². The summed E-state index contributed by atoms with van der Waals surface area (Å²) >= 11 is 0. The molecule has 2 amide bonds. The first-order valence-electron chi connectivity index (χ1n) is 12.5. The molecule has 7 nitrogen and oxygen atoms in total. The van der Waals surface area contributed by atoms with Gasteiger partial charge in [-0.25, -0.2) is 18.6 Å². The van der Waals surface area contributed by atoms with E-state index in [0.717, 1.165) is 37.7 Å². The molecule has 0 aliphatic carbocycles. The first-order chi connectivity index (χ1) is 17.0. The maximum atomic E-state index is 14.8. The zero-order valence-electron chi connectivity index (χ0n) is 21.3. The van der Waals surface area contributed by atoms with Gasteiger partial charge in [0.2, 0.25) is 5.91 Å². The van der Waals surface area contributed by atoms with Gasteiger partial charge in [0.25, 0.3) is 0 Å². The molecule has 0 unspecified atom stereocenters. The fraction of sp³-hybridized carbons (Fsp3) is 0.519. The largest absolute Gasteiger partial charge is 0.444 e. The number of rotatable bonds is 4. The highest BCUT2D eigenvalue weighted by atomic mass is 19.1. The number of halogens is 2. The van der Waals surface area contributed by atoms with E-state index in [-0.39, 0.29) is 23.5 Å². The van der Waals surface area contributed by atoms with Crippen molar-refractivity contribution in [3.05, 3.63) is 42.1 Å². The Balaban J connectivity index is 1.57. The highest BCUT2D eigenvalue weighted by molar-refractivity contribution is 6.00. The molecule has 2 aromatic rings. The number of aromatic nitrogens is 1. The van der Waals surface area contributed by atoms with Crippen LogP contribution in [0.2, 0.25) is 0 Å². The van der Waals surface area contributed by atoms with Gasteiger partial charge in [-0.05, 0) is 70.2 Å². The third-order valence-electron chi connectivity index (χ3n) is 6.64. The third kappa shape index (κ3) is 5.94. The van der Waals surface area contributed by atoms with Crippen molar-refractivity contribution in [2.75, 3.05) is 36.4 Å². The molecule has 3 heterocycles. The molecule has 194 valence electrons. The second kappa shape index (κ2) is 10.4. The second-order valence-corrected chi connectivity index (χ2v) is 10.8. The summed E-state index contributed by atoms with van der Waals surface area (Å²) in [7, 11) is 0. The van der Waals surface area contributed by atoms with Gasteiger partial charge >= 0.3 is 6.09 Å². The van der Waals surface area contributed by atoms with Crippen molar-refractivity contribution in [3.63, 3.8) is 0 Å². The monoisotopic (exact) mass is 500 g/mol. The minimum atomic E-state index is -0.586.